The Morgan fingerprint density at radius 1 is 1.24 bits per heavy atom. The zero-order valence-electron chi connectivity index (χ0n) is 14.6. The summed E-state index contributed by atoms with van der Waals surface area (Å²) >= 11 is 0. The van der Waals surface area contributed by atoms with Crippen LogP contribution in [0.25, 0.3) is 5.69 Å². The molecule has 1 atom stereocenters. The second-order valence-electron chi connectivity index (χ2n) is 5.96. The second kappa shape index (κ2) is 8.39. The third kappa shape index (κ3) is 5.39. The highest BCUT2D eigenvalue weighted by Crippen LogP contribution is 2.15. The minimum absolute atomic E-state index is 0.0559. The molecule has 0 radical (unpaired) electrons. The largest absolute Gasteiger partial charge is 0.378 e. The summed E-state index contributed by atoms with van der Waals surface area (Å²) in [5.41, 5.74) is 6.97. The van der Waals surface area contributed by atoms with Gasteiger partial charge in [-0.2, -0.15) is 0 Å². The van der Waals surface area contributed by atoms with E-state index in [4.69, 9.17) is 10.5 Å². The Morgan fingerprint density at radius 2 is 1.92 bits per heavy atom. The Morgan fingerprint density at radius 3 is 2.48 bits per heavy atom. The minimum atomic E-state index is -0.624. The molecule has 0 unspecified atom stereocenters. The molecule has 1 aromatic heterocycles. The van der Waals surface area contributed by atoms with Crippen LogP contribution in [0.3, 0.4) is 0 Å². The lowest BCUT2D eigenvalue weighted by Gasteiger charge is -2.15. The van der Waals surface area contributed by atoms with Crippen molar-refractivity contribution in [1.29, 1.82) is 0 Å². The van der Waals surface area contributed by atoms with E-state index in [2.05, 4.69) is 15.6 Å². The fraction of sp³-hybridized carbons (Fsp3) is 0.412. The summed E-state index contributed by atoms with van der Waals surface area (Å²) in [6, 6.07) is 7.31. The van der Waals surface area contributed by atoms with Gasteiger partial charge in [-0.05, 0) is 38.5 Å². The predicted octanol–water partition coefficient (Wildman–Crippen LogP) is 1.36. The van der Waals surface area contributed by atoms with Crippen LogP contribution in [0, 0.1) is 0 Å². The van der Waals surface area contributed by atoms with Gasteiger partial charge >= 0.3 is 0 Å². The van der Waals surface area contributed by atoms with E-state index in [-0.39, 0.29) is 23.7 Å². The molecule has 134 valence electrons. The molecule has 2 amide bonds. The van der Waals surface area contributed by atoms with Crippen molar-refractivity contribution in [2.75, 3.05) is 6.61 Å². The lowest BCUT2D eigenvalue weighted by Crippen LogP contribution is -2.27. The highest BCUT2D eigenvalue weighted by Gasteiger charge is 2.11. The molecule has 8 heteroatoms. The molecule has 0 saturated heterocycles. The van der Waals surface area contributed by atoms with Crippen molar-refractivity contribution in [1.82, 2.24) is 20.3 Å². The van der Waals surface area contributed by atoms with Gasteiger partial charge in [-0.25, -0.2) is 4.68 Å². The molecule has 0 aliphatic heterocycles. The van der Waals surface area contributed by atoms with E-state index in [1.54, 1.807) is 0 Å². The molecular weight excluding hydrogens is 322 g/mol. The number of primary amides is 1. The molecular formula is C17H23N5O3. The topological polar surface area (TPSA) is 112 Å². The van der Waals surface area contributed by atoms with Gasteiger partial charge < -0.3 is 15.8 Å². The van der Waals surface area contributed by atoms with E-state index >= 15 is 0 Å². The number of carbonyl (C=O) groups is 2. The zero-order chi connectivity index (χ0) is 18.4. The number of benzene rings is 1. The summed E-state index contributed by atoms with van der Waals surface area (Å²) in [6.45, 7) is 6.19. The molecule has 0 aliphatic carbocycles. The van der Waals surface area contributed by atoms with E-state index in [9.17, 15) is 9.59 Å². The molecule has 0 aliphatic rings. The molecule has 1 heterocycles. The quantitative estimate of drug-likeness (QED) is 0.750. The molecule has 0 fully saturated rings. The molecule has 0 saturated carbocycles. The van der Waals surface area contributed by atoms with E-state index in [0.717, 1.165) is 11.3 Å². The van der Waals surface area contributed by atoms with Crippen molar-refractivity contribution < 1.29 is 14.3 Å². The number of aromatic nitrogens is 3. The van der Waals surface area contributed by atoms with Crippen molar-refractivity contribution in [2.24, 2.45) is 5.73 Å². The van der Waals surface area contributed by atoms with Crippen LogP contribution in [0.1, 0.15) is 49.3 Å². The van der Waals surface area contributed by atoms with E-state index in [1.807, 2.05) is 45.0 Å². The van der Waals surface area contributed by atoms with Crippen LogP contribution in [0.2, 0.25) is 0 Å². The lowest BCUT2D eigenvalue weighted by atomic mass is 10.1. The summed E-state index contributed by atoms with van der Waals surface area (Å²) in [5.74, 6) is -0.680. The maximum atomic E-state index is 11.9. The highest BCUT2D eigenvalue weighted by molar-refractivity contribution is 5.90. The monoisotopic (exact) mass is 345 g/mol. The standard InChI is InChI=1S/C17H23N5O3/c1-11(2)25-9-8-16(23)19-12(3)13-4-6-14(7-5-13)22-10-15(17(18)24)20-21-22/h4-7,10-12H,8-9H2,1-3H3,(H2,18,24)(H,19,23)/t12-/m1/s1. The van der Waals surface area contributed by atoms with Gasteiger partial charge in [-0.1, -0.05) is 17.3 Å². The first kappa shape index (κ1) is 18.6. The molecule has 3 N–H and O–H groups in total. The van der Waals surface area contributed by atoms with Gasteiger partial charge in [0.25, 0.3) is 5.91 Å². The van der Waals surface area contributed by atoms with Crippen LogP contribution in [-0.4, -0.2) is 39.5 Å². The Bertz CT molecular complexity index is 724. The summed E-state index contributed by atoms with van der Waals surface area (Å²) in [4.78, 5) is 23.0. The summed E-state index contributed by atoms with van der Waals surface area (Å²) < 4.78 is 6.84. The van der Waals surface area contributed by atoms with E-state index in [1.165, 1.54) is 10.9 Å². The van der Waals surface area contributed by atoms with Crippen molar-refractivity contribution in [2.45, 2.75) is 39.3 Å². The Kier molecular flexibility index (Phi) is 6.24. The van der Waals surface area contributed by atoms with Crippen LogP contribution in [0.4, 0.5) is 0 Å². The molecule has 2 aromatic rings. The van der Waals surface area contributed by atoms with E-state index < -0.39 is 5.91 Å². The number of nitrogens with two attached hydrogens (primary N) is 1. The SMILES string of the molecule is CC(C)OCCC(=O)N[C@H](C)c1ccc(-n2cc(C(N)=O)nn2)cc1. The molecule has 0 spiro atoms. The number of amides is 2. The average molecular weight is 345 g/mol. The smallest absolute Gasteiger partial charge is 0.270 e. The number of nitrogens with one attached hydrogen (secondary N) is 1. The number of hydrogen-bond acceptors (Lipinski definition) is 5. The van der Waals surface area contributed by atoms with Gasteiger partial charge in [-0.3, -0.25) is 9.59 Å². The molecule has 0 bridgehead atoms. The third-order valence-electron chi connectivity index (χ3n) is 3.56. The molecule has 25 heavy (non-hydrogen) atoms. The fourth-order valence-electron chi connectivity index (χ4n) is 2.20. The molecule has 2 rings (SSSR count). The molecule has 8 nitrogen and oxygen atoms in total. The first-order valence-corrected chi connectivity index (χ1v) is 8.10. The van der Waals surface area contributed by atoms with Gasteiger partial charge in [0.1, 0.15) is 0 Å². The van der Waals surface area contributed by atoms with Gasteiger partial charge in [0.05, 0.1) is 30.6 Å². The van der Waals surface area contributed by atoms with Gasteiger partial charge in [0.2, 0.25) is 5.91 Å². The number of nitrogens with zero attached hydrogens (tertiary/aromatic N) is 3. The highest BCUT2D eigenvalue weighted by atomic mass is 16.5. The maximum absolute atomic E-state index is 11.9. The average Bonchev–Trinajstić information content (AvgIpc) is 3.05. The first-order chi connectivity index (χ1) is 11.9. The van der Waals surface area contributed by atoms with Crippen LogP contribution < -0.4 is 11.1 Å². The van der Waals surface area contributed by atoms with E-state index in [0.29, 0.717) is 13.0 Å². The molecule has 1 aromatic carbocycles. The van der Waals surface area contributed by atoms with Gasteiger partial charge in [0.15, 0.2) is 5.69 Å². The van der Waals surface area contributed by atoms with Crippen molar-refractivity contribution in [3.8, 4) is 5.69 Å². The minimum Gasteiger partial charge on any atom is -0.378 e. The Hall–Kier alpha value is -2.74. The first-order valence-electron chi connectivity index (χ1n) is 8.10. The summed E-state index contributed by atoms with van der Waals surface area (Å²) in [7, 11) is 0. The predicted molar refractivity (Wildman–Crippen MR) is 92.1 cm³/mol. The van der Waals surface area contributed by atoms with Crippen molar-refractivity contribution in [3.63, 3.8) is 0 Å². The van der Waals surface area contributed by atoms with Gasteiger partial charge in [0, 0.05) is 6.42 Å². The van der Waals surface area contributed by atoms with Crippen LogP contribution in [-0.2, 0) is 9.53 Å². The summed E-state index contributed by atoms with van der Waals surface area (Å²) in [5, 5.41) is 10.5. The van der Waals surface area contributed by atoms with Crippen LogP contribution in [0.5, 0.6) is 0 Å². The van der Waals surface area contributed by atoms with Crippen LogP contribution in [0.15, 0.2) is 30.5 Å². The Balaban J connectivity index is 1.94. The number of carbonyl (C=O) groups excluding carboxylic acids is 2. The third-order valence-corrected chi connectivity index (χ3v) is 3.56. The summed E-state index contributed by atoms with van der Waals surface area (Å²) in [6.07, 6.45) is 1.91. The Labute approximate surface area is 146 Å². The number of rotatable bonds is 8. The normalized spacial score (nSPS) is 12.2. The number of hydrogen-bond donors (Lipinski definition) is 2. The van der Waals surface area contributed by atoms with Crippen molar-refractivity contribution >= 4 is 11.8 Å². The second-order valence-corrected chi connectivity index (χ2v) is 5.96. The zero-order valence-corrected chi connectivity index (χ0v) is 14.6. The van der Waals surface area contributed by atoms with Crippen LogP contribution >= 0.6 is 0 Å². The maximum Gasteiger partial charge on any atom is 0.270 e. The fourth-order valence-corrected chi connectivity index (χ4v) is 2.20. The van der Waals surface area contributed by atoms with Gasteiger partial charge in [-0.15, -0.1) is 5.10 Å². The lowest BCUT2D eigenvalue weighted by molar-refractivity contribution is -0.123. The van der Waals surface area contributed by atoms with Crippen molar-refractivity contribution in [3.05, 3.63) is 41.7 Å². The number of ether oxygens (including phenoxy) is 1.